The molecular weight excluding hydrogens is 258 g/mol. The zero-order chi connectivity index (χ0) is 14.4. The molecule has 19 heavy (non-hydrogen) atoms. The van der Waals surface area contributed by atoms with E-state index in [-0.39, 0.29) is 6.04 Å². The lowest BCUT2D eigenvalue weighted by molar-refractivity contribution is 0.172. The van der Waals surface area contributed by atoms with Gasteiger partial charge in [-0.3, -0.25) is 4.21 Å². The van der Waals surface area contributed by atoms with Crippen molar-refractivity contribution in [2.45, 2.75) is 38.8 Å². The Kier molecular flexibility index (Phi) is 6.69. The second-order valence-corrected chi connectivity index (χ2v) is 6.87. The molecule has 0 radical (unpaired) electrons. The van der Waals surface area contributed by atoms with Crippen molar-refractivity contribution >= 4 is 10.8 Å². The molecule has 1 aromatic rings. The highest BCUT2D eigenvalue weighted by Crippen LogP contribution is 2.18. The first kappa shape index (κ1) is 16.3. The monoisotopic (exact) mass is 283 g/mol. The summed E-state index contributed by atoms with van der Waals surface area (Å²) in [7, 11) is -0.807. The maximum atomic E-state index is 11.1. The van der Waals surface area contributed by atoms with Gasteiger partial charge in [-0.05, 0) is 24.0 Å². The zero-order valence-electron chi connectivity index (χ0n) is 12.2. The van der Waals surface area contributed by atoms with Crippen molar-refractivity contribution in [1.82, 2.24) is 5.32 Å². The summed E-state index contributed by atoms with van der Waals surface area (Å²) in [6.07, 6.45) is 1.17. The van der Waals surface area contributed by atoms with Gasteiger partial charge in [0.25, 0.3) is 0 Å². The third-order valence-corrected chi connectivity index (χ3v) is 4.10. The lowest BCUT2D eigenvalue weighted by atomic mass is 10.00. The van der Waals surface area contributed by atoms with E-state index in [1.165, 1.54) is 5.56 Å². The Morgan fingerprint density at radius 1 is 1.16 bits per heavy atom. The Hall–Kier alpha value is -0.710. The molecule has 3 atom stereocenters. The first-order valence-corrected chi connectivity index (χ1v) is 8.44. The minimum Gasteiger partial charge on any atom is -0.387 e. The molecule has 0 aromatic heterocycles. The van der Waals surface area contributed by atoms with Crippen LogP contribution in [0.15, 0.2) is 24.3 Å². The Morgan fingerprint density at radius 3 is 2.16 bits per heavy atom. The van der Waals surface area contributed by atoms with Crippen LogP contribution in [0.4, 0.5) is 0 Å². The maximum absolute atomic E-state index is 11.1. The molecule has 0 aliphatic rings. The van der Waals surface area contributed by atoms with Gasteiger partial charge in [-0.2, -0.15) is 0 Å². The van der Waals surface area contributed by atoms with Crippen LogP contribution in [0.2, 0.25) is 0 Å². The van der Waals surface area contributed by atoms with E-state index in [1.807, 2.05) is 19.1 Å². The molecule has 108 valence electrons. The smallest absolute Gasteiger partial charge is 0.0914 e. The van der Waals surface area contributed by atoms with Gasteiger partial charge in [0.15, 0.2) is 0 Å². The Morgan fingerprint density at radius 2 is 1.68 bits per heavy atom. The summed E-state index contributed by atoms with van der Waals surface area (Å²) in [5.74, 6) is 1.11. The van der Waals surface area contributed by atoms with Crippen molar-refractivity contribution in [2.75, 3.05) is 18.6 Å². The molecule has 1 aromatic carbocycles. The fourth-order valence-corrected chi connectivity index (χ4v) is 2.77. The predicted molar refractivity (Wildman–Crippen MR) is 81.9 cm³/mol. The van der Waals surface area contributed by atoms with Gasteiger partial charge in [0.2, 0.25) is 0 Å². The summed E-state index contributed by atoms with van der Waals surface area (Å²) in [6.45, 7) is 6.77. The summed E-state index contributed by atoms with van der Waals surface area (Å²) < 4.78 is 11.1. The molecule has 0 aliphatic carbocycles. The van der Waals surface area contributed by atoms with Crippen molar-refractivity contribution in [3.8, 4) is 0 Å². The predicted octanol–water partition coefficient (Wildman–Crippen LogP) is 2.20. The molecule has 2 N–H and O–H groups in total. The van der Waals surface area contributed by atoms with Gasteiger partial charge in [-0.15, -0.1) is 0 Å². The van der Waals surface area contributed by atoms with Gasteiger partial charge in [-0.25, -0.2) is 0 Å². The second kappa shape index (κ2) is 7.78. The quantitative estimate of drug-likeness (QED) is 0.806. The second-order valence-electron chi connectivity index (χ2n) is 5.39. The molecule has 0 heterocycles. The van der Waals surface area contributed by atoms with Crippen LogP contribution < -0.4 is 5.32 Å². The molecule has 0 fully saturated rings. The number of nitrogens with one attached hydrogen (secondary N) is 1. The fourth-order valence-electron chi connectivity index (χ4n) is 1.94. The van der Waals surface area contributed by atoms with Crippen LogP contribution in [-0.2, 0) is 10.8 Å². The van der Waals surface area contributed by atoms with Crippen LogP contribution in [0.3, 0.4) is 0 Å². The average molecular weight is 283 g/mol. The average Bonchev–Trinajstić information content (AvgIpc) is 2.35. The van der Waals surface area contributed by atoms with Crippen LogP contribution in [0, 0.1) is 0 Å². The van der Waals surface area contributed by atoms with Gasteiger partial charge in [0.05, 0.1) is 6.10 Å². The van der Waals surface area contributed by atoms with Crippen LogP contribution in [0.1, 0.15) is 43.9 Å². The third-order valence-electron chi connectivity index (χ3n) is 3.13. The normalized spacial score (nSPS) is 16.3. The van der Waals surface area contributed by atoms with Gasteiger partial charge >= 0.3 is 0 Å². The van der Waals surface area contributed by atoms with Crippen molar-refractivity contribution in [1.29, 1.82) is 0 Å². The largest absolute Gasteiger partial charge is 0.387 e. The Bertz CT molecular complexity index is 403. The van der Waals surface area contributed by atoms with Crippen LogP contribution in [0.5, 0.6) is 0 Å². The molecule has 0 amide bonds. The topological polar surface area (TPSA) is 49.3 Å². The molecule has 0 bridgehead atoms. The van der Waals surface area contributed by atoms with Crippen LogP contribution in [0.25, 0.3) is 0 Å². The van der Waals surface area contributed by atoms with E-state index in [0.717, 1.165) is 5.56 Å². The number of aliphatic hydroxyl groups is 1. The third kappa shape index (κ3) is 5.85. The maximum Gasteiger partial charge on any atom is 0.0914 e. The van der Waals surface area contributed by atoms with Gasteiger partial charge in [0, 0.05) is 35.4 Å². The lowest BCUT2D eigenvalue weighted by Crippen LogP contribution is -2.34. The van der Waals surface area contributed by atoms with Crippen LogP contribution in [-0.4, -0.2) is 33.9 Å². The summed E-state index contributed by atoms with van der Waals surface area (Å²) in [5.41, 5.74) is 2.19. The number of hydrogen-bond acceptors (Lipinski definition) is 3. The zero-order valence-corrected chi connectivity index (χ0v) is 13.0. The molecular formula is C15H25NO2S. The van der Waals surface area contributed by atoms with E-state index in [9.17, 15) is 9.32 Å². The summed E-state index contributed by atoms with van der Waals surface area (Å²) in [4.78, 5) is 0. The van der Waals surface area contributed by atoms with E-state index in [0.29, 0.717) is 18.2 Å². The Balaban J connectivity index is 2.49. The summed E-state index contributed by atoms with van der Waals surface area (Å²) >= 11 is 0. The van der Waals surface area contributed by atoms with Crippen molar-refractivity contribution < 1.29 is 9.32 Å². The van der Waals surface area contributed by atoms with E-state index in [4.69, 9.17) is 0 Å². The van der Waals surface area contributed by atoms with Crippen molar-refractivity contribution in [2.24, 2.45) is 0 Å². The minimum absolute atomic E-state index is 0.149. The van der Waals surface area contributed by atoms with E-state index in [1.54, 1.807) is 6.26 Å². The highest BCUT2D eigenvalue weighted by Gasteiger charge is 2.10. The highest BCUT2D eigenvalue weighted by molar-refractivity contribution is 7.84. The van der Waals surface area contributed by atoms with Crippen molar-refractivity contribution in [3.05, 3.63) is 35.4 Å². The van der Waals surface area contributed by atoms with E-state index in [2.05, 4.69) is 31.3 Å². The highest BCUT2D eigenvalue weighted by atomic mass is 32.2. The summed E-state index contributed by atoms with van der Waals surface area (Å²) in [6, 6.07) is 8.23. The molecule has 4 heteroatoms. The molecule has 3 unspecified atom stereocenters. The number of hydrogen-bond donors (Lipinski definition) is 2. The van der Waals surface area contributed by atoms with Gasteiger partial charge < -0.3 is 10.4 Å². The van der Waals surface area contributed by atoms with Gasteiger partial charge in [-0.1, -0.05) is 38.1 Å². The molecule has 0 aliphatic heterocycles. The molecule has 0 saturated carbocycles. The molecule has 3 nitrogen and oxygen atoms in total. The van der Waals surface area contributed by atoms with Gasteiger partial charge in [0.1, 0.15) is 0 Å². The SMILES string of the molecule is CC(CS(C)=O)NCC(O)c1ccc(C(C)C)cc1. The number of aliphatic hydroxyl groups excluding tert-OH is 1. The number of benzene rings is 1. The van der Waals surface area contributed by atoms with E-state index < -0.39 is 16.9 Å². The summed E-state index contributed by atoms with van der Waals surface area (Å²) in [5, 5.41) is 13.3. The lowest BCUT2D eigenvalue weighted by Gasteiger charge is -2.17. The molecule has 1 rings (SSSR count). The Labute approximate surface area is 118 Å². The van der Waals surface area contributed by atoms with Crippen LogP contribution >= 0.6 is 0 Å². The van der Waals surface area contributed by atoms with E-state index >= 15 is 0 Å². The first-order valence-electron chi connectivity index (χ1n) is 6.71. The standard InChI is InChI=1S/C15H25NO2S/c1-11(2)13-5-7-14(8-6-13)15(17)9-16-12(3)10-19(4)18/h5-8,11-12,15-17H,9-10H2,1-4H3. The minimum atomic E-state index is -0.807. The molecule has 0 saturated heterocycles. The number of rotatable bonds is 7. The first-order chi connectivity index (χ1) is 8.90. The molecule has 0 spiro atoms. The fraction of sp³-hybridized carbons (Fsp3) is 0.600. The van der Waals surface area contributed by atoms with Crippen molar-refractivity contribution in [3.63, 3.8) is 0 Å².